The summed E-state index contributed by atoms with van der Waals surface area (Å²) in [6.45, 7) is 3.84. The van der Waals surface area contributed by atoms with Crippen LogP contribution in [0.1, 0.15) is 17.2 Å². The van der Waals surface area contributed by atoms with Crippen LogP contribution in [-0.4, -0.2) is 43.7 Å². The van der Waals surface area contributed by atoms with Gasteiger partial charge in [0, 0.05) is 25.3 Å². The second kappa shape index (κ2) is 11.8. The average molecular weight is 412 g/mol. The Bertz CT molecular complexity index is 677. The minimum atomic E-state index is 0. The Morgan fingerprint density at radius 2 is 1.67 bits per heavy atom. The lowest BCUT2D eigenvalue weighted by Gasteiger charge is -2.35. The van der Waals surface area contributed by atoms with E-state index < -0.39 is 0 Å². The summed E-state index contributed by atoms with van der Waals surface area (Å²) in [6, 6.07) is 17.9. The summed E-state index contributed by atoms with van der Waals surface area (Å²) in [5.41, 5.74) is 8.58. The predicted octanol–water partition coefficient (Wildman–Crippen LogP) is 2.84. The van der Waals surface area contributed by atoms with Crippen LogP contribution in [0.15, 0.2) is 54.6 Å². The molecule has 1 atom stereocenters. The van der Waals surface area contributed by atoms with Crippen LogP contribution in [0.25, 0.3) is 0 Å². The molecule has 1 unspecified atom stereocenters. The van der Waals surface area contributed by atoms with Crippen LogP contribution in [0, 0.1) is 0 Å². The van der Waals surface area contributed by atoms with Crippen molar-refractivity contribution in [3.05, 3.63) is 65.7 Å². The SMILES string of the molecule is Cl.Cl.Nc1ccc(CC(=O)NCC(c2ccccc2)N2CCOCC2)cc1. The van der Waals surface area contributed by atoms with E-state index in [1.54, 1.807) is 0 Å². The Balaban J connectivity index is 0.00000182. The van der Waals surface area contributed by atoms with Crippen LogP contribution in [0.4, 0.5) is 5.69 Å². The van der Waals surface area contributed by atoms with E-state index >= 15 is 0 Å². The Morgan fingerprint density at radius 3 is 2.30 bits per heavy atom. The number of carbonyl (C=O) groups is 1. The second-order valence-corrected chi connectivity index (χ2v) is 6.30. The number of rotatable bonds is 6. The molecule has 3 N–H and O–H groups in total. The van der Waals surface area contributed by atoms with Crippen LogP contribution >= 0.6 is 24.8 Å². The maximum absolute atomic E-state index is 12.3. The first-order valence-electron chi connectivity index (χ1n) is 8.70. The number of nitrogens with zero attached hydrogens (tertiary/aromatic N) is 1. The Hall–Kier alpha value is -1.79. The van der Waals surface area contributed by atoms with Crippen LogP contribution in [0.2, 0.25) is 0 Å². The van der Waals surface area contributed by atoms with E-state index in [1.165, 1.54) is 5.56 Å². The largest absolute Gasteiger partial charge is 0.399 e. The summed E-state index contributed by atoms with van der Waals surface area (Å²) in [5.74, 6) is 0.0268. The van der Waals surface area contributed by atoms with Crippen molar-refractivity contribution in [3.8, 4) is 0 Å². The molecule has 1 heterocycles. The molecule has 5 nitrogen and oxygen atoms in total. The first-order chi connectivity index (χ1) is 12.2. The lowest BCUT2D eigenvalue weighted by atomic mass is 10.0. The third kappa shape index (κ3) is 7.03. The van der Waals surface area contributed by atoms with Gasteiger partial charge in [-0.15, -0.1) is 24.8 Å². The number of carbonyl (C=O) groups excluding carboxylic acids is 1. The summed E-state index contributed by atoms with van der Waals surface area (Å²) >= 11 is 0. The fourth-order valence-electron chi connectivity index (χ4n) is 3.12. The number of anilines is 1. The van der Waals surface area contributed by atoms with Gasteiger partial charge < -0.3 is 15.8 Å². The van der Waals surface area contributed by atoms with Gasteiger partial charge in [0.15, 0.2) is 0 Å². The summed E-state index contributed by atoms with van der Waals surface area (Å²) in [5, 5.41) is 3.09. The predicted molar refractivity (Wildman–Crippen MR) is 114 cm³/mol. The summed E-state index contributed by atoms with van der Waals surface area (Å²) in [6.07, 6.45) is 0.366. The Kier molecular flexibility index (Phi) is 10.2. The molecule has 1 aliphatic rings. The first kappa shape index (κ1) is 23.2. The third-order valence-corrected chi connectivity index (χ3v) is 4.51. The van der Waals surface area contributed by atoms with Crippen molar-refractivity contribution in [2.75, 3.05) is 38.6 Å². The zero-order valence-corrected chi connectivity index (χ0v) is 16.8. The van der Waals surface area contributed by atoms with Gasteiger partial charge in [-0.05, 0) is 23.3 Å². The van der Waals surface area contributed by atoms with E-state index in [0.29, 0.717) is 18.7 Å². The van der Waals surface area contributed by atoms with E-state index in [1.807, 2.05) is 42.5 Å². The van der Waals surface area contributed by atoms with Crippen molar-refractivity contribution in [3.63, 3.8) is 0 Å². The summed E-state index contributed by atoms with van der Waals surface area (Å²) in [4.78, 5) is 14.7. The molecule has 0 radical (unpaired) electrons. The first-order valence-corrected chi connectivity index (χ1v) is 8.70. The summed E-state index contributed by atoms with van der Waals surface area (Å²) in [7, 11) is 0. The summed E-state index contributed by atoms with van der Waals surface area (Å²) < 4.78 is 5.46. The van der Waals surface area contributed by atoms with Crippen molar-refractivity contribution in [1.29, 1.82) is 0 Å². The second-order valence-electron chi connectivity index (χ2n) is 6.30. The quantitative estimate of drug-likeness (QED) is 0.717. The highest BCUT2D eigenvalue weighted by Gasteiger charge is 2.23. The van der Waals surface area contributed by atoms with Gasteiger partial charge in [-0.2, -0.15) is 0 Å². The van der Waals surface area contributed by atoms with Crippen LogP contribution in [-0.2, 0) is 16.0 Å². The van der Waals surface area contributed by atoms with Gasteiger partial charge in [0.05, 0.1) is 25.7 Å². The van der Waals surface area contributed by atoms with Crippen molar-refractivity contribution < 1.29 is 9.53 Å². The molecule has 0 aliphatic carbocycles. The Morgan fingerprint density at radius 1 is 1.04 bits per heavy atom. The van der Waals surface area contributed by atoms with Crippen LogP contribution in [0.5, 0.6) is 0 Å². The molecule has 0 bridgehead atoms. The topological polar surface area (TPSA) is 67.6 Å². The van der Waals surface area contributed by atoms with E-state index in [0.717, 1.165) is 31.9 Å². The van der Waals surface area contributed by atoms with Crippen molar-refractivity contribution in [1.82, 2.24) is 10.2 Å². The van der Waals surface area contributed by atoms with Gasteiger partial charge in [0.2, 0.25) is 5.91 Å². The van der Waals surface area contributed by atoms with Crippen LogP contribution in [0.3, 0.4) is 0 Å². The number of nitrogens with two attached hydrogens (primary N) is 1. The third-order valence-electron chi connectivity index (χ3n) is 4.51. The number of ether oxygens (including phenoxy) is 1. The normalized spacial score (nSPS) is 15.1. The van der Waals surface area contributed by atoms with Gasteiger partial charge in [-0.1, -0.05) is 42.5 Å². The lowest BCUT2D eigenvalue weighted by molar-refractivity contribution is -0.120. The molecule has 2 aromatic carbocycles. The number of nitrogen functional groups attached to an aromatic ring is 1. The number of nitrogens with one attached hydrogen (secondary N) is 1. The van der Waals surface area contributed by atoms with Crippen LogP contribution < -0.4 is 11.1 Å². The molecule has 0 aromatic heterocycles. The highest BCUT2D eigenvalue weighted by atomic mass is 35.5. The zero-order valence-electron chi connectivity index (χ0n) is 15.2. The monoisotopic (exact) mass is 411 g/mol. The smallest absolute Gasteiger partial charge is 0.224 e. The number of hydrogen-bond donors (Lipinski definition) is 2. The lowest BCUT2D eigenvalue weighted by Crippen LogP contribution is -2.44. The minimum absolute atomic E-state index is 0. The van der Waals surface area contributed by atoms with Crippen molar-refractivity contribution in [2.45, 2.75) is 12.5 Å². The molecule has 1 amide bonds. The number of benzene rings is 2. The van der Waals surface area contributed by atoms with Gasteiger partial charge in [-0.25, -0.2) is 0 Å². The van der Waals surface area contributed by atoms with Crippen molar-refractivity contribution in [2.24, 2.45) is 0 Å². The highest BCUT2D eigenvalue weighted by Crippen LogP contribution is 2.21. The van der Waals surface area contributed by atoms with Gasteiger partial charge in [-0.3, -0.25) is 9.69 Å². The number of halogens is 2. The fraction of sp³-hybridized carbons (Fsp3) is 0.350. The molecule has 0 spiro atoms. The molecular formula is C20H27Cl2N3O2. The molecule has 2 aromatic rings. The number of hydrogen-bond acceptors (Lipinski definition) is 4. The van der Waals surface area contributed by atoms with Gasteiger partial charge in [0.25, 0.3) is 0 Å². The maximum atomic E-state index is 12.3. The molecule has 7 heteroatoms. The molecule has 3 rings (SSSR count). The minimum Gasteiger partial charge on any atom is -0.399 e. The molecule has 27 heavy (non-hydrogen) atoms. The van der Waals surface area contributed by atoms with E-state index in [9.17, 15) is 4.79 Å². The van der Waals surface area contributed by atoms with Gasteiger partial charge >= 0.3 is 0 Å². The zero-order chi connectivity index (χ0) is 17.5. The molecular weight excluding hydrogens is 385 g/mol. The molecule has 1 fully saturated rings. The number of amides is 1. The van der Waals surface area contributed by atoms with E-state index in [4.69, 9.17) is 10.5 Å². The molecule has 0 saturated carbocycles. The van der Waals surface area contributed by atoms with E-state index in [-0.39, 0.29) is 36.8 Å². The standard InChI is InChI=1S/C20H25N3O2.2ClH/c21-18-8-6-16(7-9-18)14-20(24)22-15-19(17-4-2-1-3-5-17)23-10-12-25-13-11-23;;/h1-9,19H,10-15,21H2,(H,22,24);2*1H. The highest BCUT2D eigenvalue weighted by molar-refractivity contribution is 5.85. The number of morpholine rings is 1. The molecule has 148 valence electrons. The molecule has 1 aliphatic heterocycles. The fourth-order valence-corrected chi connectivity index (χ4v) is 3.12. The van der Waals surface area contributed by atoms with Gasteiger partial charge in [0.1, 0.15) is 0 Å². The maximum Gasteiger partial charge on any atom is 0.224 e. The van der Waals surface area contributed by atoms with Crippen molar-refractivity contribution >= 4 is 36.4 Å². The Labute approximate surface area is 173 Å². The van der Waals surface area contributed by atoms with E-state index in [2.05, 4.69) is 22.3 Å². The average Bonchev–Trinajstić information content (AvgIpc) is 2.66. The molecule has 1 saturated heterocycles.